The summed E-state index contributed by atoms with van der Waals surface area (Å²) in [5.41, 5.74) is 10.8. The van der Waals surface area contributed by atoms with Gasteiger partial charge >= 0.3 is 0 Å². The van der Waals surface area contributed by atoms with Gasteiger partial charge in [0.25, 0.3) is 5.91 Å². The van der Waals surface area contributed by atoms with Gasteiger partial charge in [0.2, 0.25) is 0 Å². The smallest absolute Gasteiger partial charge is 0.256 e. The predicted octanol–water partition coefficient (Wildman–Crippen LogP) is 4.69. The number of hydrogen-bond acceptors (Lipinski definition) is 6. The molecule has 1 aromatic carbocycles. The number of anilines is 1. The summed E-state index contributed by atoms with van der Waals surface area (Å²) >= 11 is 0. The second-order valence-corrected chi connectivity index (χ2v) is 11.3. The number of nitrogens with zero attached hydrogens (tertiary/aromatic N) is 4. The summed E-state index contributed by atoms with van der Waals surface area (Å²) in [6.45, 7) is 9.24. The van der Waals surface area contributed by atoms with Crippen molar-refractivity contribution >= 4 is 17.2 Å². The highest BCUT2D eigenvalue weighted by molar-refractivity contribution is 6.22. The molecule has 0 bridgehead atoms. The van der Waals surface area contributed by atoms with Gasteiger partial charge in [-0.3, -0.25) is 14.7 Å². The van der Waals surface area contributed by atoms with E-state index in [1.807, 2.05) is 18.5 Å². The maximum absolute atomic E-state index is 13.6. The lowest BCUT2D eigenvalue weighted by Crippen LogP contribution is -2.37. The Hall–Kier alpha value is -3.84. The number of fused-ring (bicyclic) bond motifs is 2. The quantitative estimate of drug-likeness (QED) is 0.539. The summed E-state index contributed by atoms with van der Waals surface area (Å²) in [7, 11) is 0. The third kappa shape index (κ3) is 4.87. The number of amides is 1. The zero-order valence-corrected chi connectivity index (χ0v) is 22.7. The Morgan fingerprint density at radius 2 is 1.90 bits per heavy atom. The summed E-state index contributed by atoms with van der Waals surface area (Å²) in [6.07, 6.45) is 15.2. The lowest BCUT2D eigenvalue weighted by molar-refractivity contribution is -0.114. The molecule has 5 aliphatic heterocycles. The van der Waals surface area contributed by atoms with Crippen molar-refractivity contribution in [2.75, 3.05) is 44.6 Å². The average Bonchev–Trinajstić information content (AvgIpc) is 3.69. The molecule has 3 fully saturated rings. The van der Waals surface area contributed by atoms with Crippen LogP contribution in [0.25, 0.3) is 16.7 Å². The van der Waals surface area contributed by atoms with Crippen molar-refractivity contribution in [3.8, 4) is 11.1 Å². The zero-order chi connectivity index (χ0) is 26.3. The largest absolute Gasteiger partial charge is 0.381 e. The third-order valence-corrected chi connectivity index (χ3v) is 8.44. The van der Waals surface area contributed by atoms with Gasteiger partial charge in [0.05, 0.1) is 23.6 Å². The van der Waals surface area contributed by atoms with Gasteiger partial charge in [-0.1, -0.05) is 18.6 Å². The molecule has 7 nitrogen and oxygen atoms in total. The molecule has 0 aliphatic carbocycles. The van der Waals surface area contributed by atoms with Crippen LogP contribution in [-0.2, 0) is 11.3 Å². The van der Waals surface area contributed by atoms with Crippen molar-refractivity contribution in [1.82, 2.24) is 25.0 Å². The van der Waals surface area contributed by atoms with E-state index < -0.39 is 0 Å². The highest BCUT2D eigenvalue weighted by Gasteiger charge is 2.35. The topological polar surface area (TPSA) is 63.5 Å². The second kappa shape index (κ2) is 10.0. The van der Waals surface area contributed by atoms with E-state index in [1.165, 1.54) is 48.2 Å². The minimum atomic E-state index is -0.0713. The first kappa shape index (κ1) is 24.2. The highest BCUT2D eigenvalue weighted by Crippen LogP contribution is 2.38. The molecule has 2 N–H and O–H groups in total. The van der Waals surface area contributed by atoms with Gasteiger partial charge in [0.15, 0.2) is 0 Å². The molecular formula is C32H36N6O. The van der Waals surface area contributed by atoms with Gasteiger partial charge < -0.3 is 20.4 Å². The van der Waals surface area contributed by atoms with E-state index in [1.54, 1.807) is 0 Å². The summed E-state index contributed by atoms with van der Waals surface area (Å²) in [5.74, 6) is -0.0713. The van der Waals surface area contributed by atoms with E-state index in [0.29, 0.717) is 12.1 Å². The summed E-state index contributed by atoms with van der Waals surface area (Å²) < 4.78 is 0. The molecule has 6 heterocycles. The number of piperidine rings is 1. The molecule has 0 saturated carbocycles. The Morgan fingerprint density at radius 1 is 1.03 bits per heavy atom. The standard InChI is InChI=1S/C32H36N6O/c1-22-14-26(20-38-21-30(38)31(22)37-12-5-13-37)35-32(39)27-8-9-34-29-7-6-24(16-28(27)29)25-15-23(17-33-18-25)19-36-10-3-2-4-11-36/h6-8,14-18,20,34H,2-5,9-13,19,21H2,1H3,(H,35,39). The van der Waals surface area contributed by atoms with Crippen molar-refractivity contribution in [1.29, 1.82) is 0 Å². The van der Waals surface area contributed by atoms with Gasteiger partial charge in [-0.15, -0.1) is 0 Å². The number of nitrogens with one attached hydrogen (secondary N) is 2. The van der Waals surface area contributed by atoms with Crippen molar-refractivity contribution in [3.63, 3.8) is 0 Å². The van der Waals surface area contributed by atoms with Crippen LogP contribution >= 0.6 is 0 Å². The number of likely N-dealkylation sites (tertiary alicyclic amines) is 2. The SMILES string of the molecule is CC1=CC(NC(=O)C2=CCNc3ccc(-c4cncc(CN5CCCCC5)c4)cc32)=CN2CC2=C1N1CCC1. The Kier molecular flexibility index (Phi) is 6.24. The number of rotatable bonds is 6. The van der Waals surface area contributed by atoms with Crippen LogP contribution in [0.4, 0.5) is 5.69 Å². The lowest BCUT2D eigenvalue weighted by Gasteiger charge is -2.35. The molecular weight excluding hydrogens is 484 g/mol. The molecule has 3 saturated heterocycles. The first-order chi connectivity index (χ1) is 19.1. The van der Waals surface area contributed by atoms with E-state index in [0.717, 1.165) is 67.3 Å². The molecule has 0 unspecified atom stereocenters. The van der Waals surface area contributed by atoms with Crippen molar-refractivity contribution in [2.45, 2.75) is 39.2 Å². The molecule has 7 rings (SSSR count). The second-order valence-electron chi connectivity index (χ2n) is 11.3. The Balaban J connectivity index is 1.11. The Morgan fingerprint density at radius 3 is 2.72 bits per heavy atom. The average molecular weight is 521 g/mol. The molecule has 5 aliphatic rings. The van der Waals surface area contributed by atoms with Crippen LogP contribution < -0.4 is 10.6 Å². The number of aromatic nitrogens is 1. The van der Waals surface area contributed by atoms with E-state index in [9.17, 15) is 4.79 Å². The molecule has 200 valence electrons. The van der Waals surface area contributed by atoms with Gasteiger partial charge in [-0.25, -0.2) is 0 Å². The van der Waals surface area contributed by atoms with Gasteiger partial charge in [-0.2, -0.15) is 0 Å². The first-order valence-corrected chi connectivity index (χ1v) is 14.3. The number of carbonyl (C=O) groups is 1. The number of hydrogen-bond donors (Lipinski definition) is 2. The van der Waals surface area contributed by atoms with Crippen LogP contribution in [0.1, 0.15) is 43.7 Å². The number of carbonyl (C=O) groups excluding carboxylic acids is 1. The molecule has 1 amide bonds. The van der Waals surface area contributed by atoms with Gasteiger partial charge in [-0.05, 0) is 80.3 Å². The van der Waals surface area contributed by atoms with E-state index in [2.05, 4.69) is 73.8 Å². The fraction of sp³-hybridized carbons (Fsp3) is 0.375. The fourth-order valence-electron chi connectivity index (χ4n) is 6.23. The maximum atomic E-state index is 13.6. The first-order valence-electron chi connectivity index (χ1n) is 14.3. The normalized spacial score (nSPS) is 20.5. The molecule has 0 spiro atoms. The monoisotopic (exact) mass is 520 g/mol. The van der Waals surface area contributed by atoms with Crippen LogP contribution in [0, 0.1) is 0 Å². The Bertz CT molecular complexity index is 1440. The number of benzene rings is 1. The molecule has 39 heavy (non-hydrogen) atoms. The van der Waals surface area contributed by atoms with Crippen LogP contribution in [0.5, 0.6) is 0 Å². The van der Waals surface area contributed by atoms with E-state index in [-0.39, 0.29) is 5.91 Å². The fourth-order valence-corrected chi connectivity index (χ4v) is 6.23. The van der Waals surface area contributed by atoms with Crippen LogP contribution in [0.15, 0.2) is 77.7 Å². The maximum Gasteiger partial charge on any atom is 0.256 e. The van der Waals surface area contributed by atoms with E-state index in [4.69, 9.17) is 0 Å². The zero-order valence-electron chi connectivity index (χ0n) is 22.7. The Labute approximate surface area is 230 Å². The summed E-state index contributed by atoms with van der Waals surface area (Å²) in [5, 5.41) is 6.64. The lowest BCUT2D eigenvalue weighted by atomic mass is 9.94. The number of pyridine rings is 1. The molecule has 0 radical (unpaired) electrons. The van der Waals surface area contributed by atoms with Crippen molar-refractivity contribution < 1.29 is 4.79 Å². The molecule has 7 heteroatoms. The predicted molar refractivity (Wildman–Crippen MR) is 155 cm³/mol. The third-order valence-electron chi connectivity index (χ3n) is 8.44. The van der Waals surface area contributed by atoms with Crippen molar-refractivity contribution in [2.24, 2.45) is 0 Å². The highest BCUT2D eigenvalue weighted by atomic mass is 16.1. The molecule has 2 aromatic rings. The summed E-state index contributed by atoms with van der Waals surface area (Å²) in [4.78, 5) is 25.4. The van der Waals surface area contributed by atoms with E-state index >= 15 is 0 Å². The molecule has 0 atom stereocenters. The van der Waals surface area contributed by atoms with Gasteiger partial charge in [0, 0.05) is 67.2 Å². The minimum absolute atomic E-state index is 0.0713. The van der Waals surface area contributed by atoms with Crippen LogP contribution in [0.2, 0.25) is 0 Å². The van der Waals surface area contributed by atoms with Gasteiger partial charge in [0.1, 0.15) is 0 Å². The van der Waals surface area contributed by atoms with Crippen LogP contribution in [0.3, 0.4) is 0 Å². The van der Waals surface area contributed by atoms with Crippen LogP contribution in [-0.4, -0.2) is 64.9 Å². The summed E-state index contributed by atoms with van der Waals surface area (Å²) in [6, 6.07) is 8.59. The minimum Gasteiger partial charge on any atom is -0.381 e. The van der Waals surface area contributed by atoms with Crippen molar-refractivity contribution in [3.05, 3.63) is 88.8 Å². The molecule has 1 aromatic heterocycles. The number of allylic oxidation sites excluding steroid dienone is 2.